The molecule has 0 radical (unpaired) electrons. The average Bonchev–Trinajstić information content (AvgIpc) is 2.51. The predicted molar refractivity (Wildman–Crippen MR) is 94.8 cm³/mol. The van der Waals surface area contributed by atoms with Gasteiger partial charge in [0.2, 0.25) is 10.0 Å². The van der Waals surface area contributed by atoms with Crippen LogP contribution in [0.15, 0.2) is 47.4 Å². The Kier molecular flexibility index (Phi) is 6.34. The summed E-state index contributed by atoms with van der Waals surface area (Å²) in [5.41, 5.74) is 0. The zero-order chi connectivity index (χ0) is 17.7. The molecular formula is C16H17Cl2NO4S. The normalized spacial score (nSPS) is 11.5. The summed E-state index contributed by atoms with van der Waals surface area (Å²) in [7, 11) is -0.464. The van der Waals surface area contributed by atoms with E-state index in [0.29, 0.717) is 34.8 Å². The summed E-state index contributed by atoms with van der Waals surface area (Å²) in [5, 5.41) is 0.993. The summed E-state index contributed by atoms with van der Waals surface area (Å²) in [4.78, 5) is 0.213. The van der Waals surface area contributed by atoms with Crippen LogP contribution in [-0.4, -0.2) is 40.0 Å². The third-order valence-corrected chi connectivity index (χ3v) is 5.32. The van der Waals surface area contributed by atoms with E-state index in [1.807, 2.05) is 0 Å². The quantitative estimate of drug-likeness (QED) is 0.677. The van der Waals surface area contributed by atoms with E-state index in [9.17, 15) is 8.42 Å². The molecule has 0 aromatic heterocycles. The first-order chi connectivity index (χ1) is 11.3. The van der Waals surface area contributed by atoms with Crippen LogP contribution in [0.4, 0.5) is 0 Å². The van der Waals surface area contributed by atoms with Gasteiger partial charge in [-0.2, -0.15) is 0 Å². The maximum absolute atomic E-state index is 12.0. The lowest BCUT2D eigenvalue weighted by molar-refractivity contribution is 0.217. The van der Waals surface area contributed by atoms with Crippen LogP contribution in [0, 0.1) is 0 Å². The Balaban J connectivity index is 1.87. The van der Waals surface area contributed by atoms with E-state index in [4.69, 9.17) is 32.7 Å². The molecular weight excluding hydrogens is 373 g/mol. The zero-order valence-corrected chi connectivity index (χ0v) is 15.5. The minimum Gasteiger partial charge on any atom is -0.490 e. The van der Waals surface area contributed by atoms with Gasteiger partial charge in [-0.1, -0.05) is 23.2 Å². The fourth-order valence-electron chi connectivity index (χ4n) is 1.85. The second-order valence-corrected chi connectivity index (χ2v) is 8.09. The van der Waals surface area contributed by atoms with E-state index in [1.165, 1.54) is 26.2 Å². The van der Waals surface area contributed by atoms with E-state index >= 15 is 0 Å². The van der Waals surface area contributed by atoms with Crippen molar-refractivity contribution in [3.63, 3.8) is 0 Å². The number of hydrogen-bond acceptors (Lipinski definition) is 4. The minimum absolute atomic E-state index is 0.213. The van der Waals surface area contributed by atoms with Gasteiger partial charge in [-0.3, -0.25) is 0 Å². The fourth-order valence-corrected chi connectivity index (χ4v) is 3.26. The topological polar surface area (TPSA) is 55.8 Å². The lowest BCUT2D eigenvalue weighted by Crippen LogP contribution is -2.22. The van der Waals surface area contributed by atoms with Crippen LogP contribution >= 0.6 is 23.2 Å². The Morgan fingerprint density at radius 2 is 1.38 bits per heavy atom. The van der Waals surface area contributed by atoms with E-state index in [-0.39, 0.29) is 4.90 Å². The van der Waals surface area contributed by atoms with Gasteiger partial charge in [-0.05, 0) is 42.5 Å². The number of ether oxygens (including phenoxy) is 2. The molecule has 0 aliphatic heterocycles. The molecule has 0 saturated carbocycles. The highest BCUT2D eigenvalue weighted by Crippen LogP contribution is 2.24. The number of nitrogens with zero attached hydrogens (tertiary/aromatic N) is 1. The van der Waals surface area contributed by atoms with Crippen molar-refractivity contribution in [3.8, 4) is 11.5 Å². The smallest absolute Gasteiger partial charge is 0.242 e. The highest BCUT2D eigenvalue weighted by Gasteiger charge is 2.16. The summed E-state index contributed by atoms with van der Waals surface area (Å²) in [6.07, 6.45) is 0. The lowest BCUT2D eigenvalue weighted by atomic mass is 10.3. The van der Waals surface area contributed by atoms with E-state index in [1.54, 1.807) is 30.3 Å². The van der Waals surface area contributed by atoms with Crippen molar-refractivity contribution in [2.45, 2.75) is 4.90 Å². The van der Waals surface area contributed by atoms with Gasteiger partial charge in [0.15, 0.2) is 0 Å². The van der Waals surface area contributed by atoms with E-state index in [2.05, 4.69) is 0 Å². The number of benzene rings is 2. The Bertz CT molecular complexity index is 772. The van der Waals surface area contributed by atoms with E-state index in [0.717, 1.165) is 4.31 Å². The molecule has 8 heteroatoms. The van der Waals surface area contributed by atoms with Crippen LogP contribution < -0.4 is 9.47 Å². The Labute approximate surface area is 151 Å². The second-order valence-electron chi connectivity index (χ2n) is 5.06. The van der Waals surface area contributed by atoms with Crippen LogP contribution in [-0.2, 0) is 10.0 Å². The first kappa shape index (κ1) is 18.9. The monoisotopic (exact) mass is 389 g/mol. The number of rotatable bonds is 7. The Hall–Kier alpha value is -1.47. The molecule has 2 rings (SSSR count). The largest absolute Gasteiger partial charge is 0.490 e. The average molecular weight is 390 g/mol. The van der Waals surface area contributed by atoms with Gasteiger partial charge in [-0.15, -0.1) is 0 Å². The zero-order valence-electron chi connectivity index (χ0n) is 13.2. The molecule has 0 atom stereocenters. The molecule has 130 valence electrons. The molecule has 0 spiro atoms. The van der Waals surface area contributed by atoms with Gasteiger partial charge in [0.05, 0.1) is 4.90 Å². The molecule has 0 aliphatic rings. The van der Waals surface area contributed by atoms with E-state index < -0.39 is 10.0 Å². The molecule has 2 aromatic rings. The molecule has 0 saturated heterocycles. The standard InChI is InChI=1S/C16H17Cl2NO4S/c1-19(2)24(20,21)16-5-3-14(4-6-16)22-7-8-23-15-10-12(17)9-13(18)11-15/h3-6,9-11H,7-8H2,1-2H3. The maximum atomic E-state index is 12.0. The minimum atomic E-state index is -3.43. The summed E-state index contributed by atoms with van der Waals surface area (Å²) >= 11 is 11.8. The third-order valence-electron chi connectivity index (χ3n) is 3.06. The molecule has 0 amide bonds. The van der Waals surface area contributed by atoms with Crippen LogP contribution in [0.2, 0.25) is 10.0 Å². The van der Waals surface area contributed by atoms with Gasteiger partial charge >= 0.3 is 0 Å². The third kappa shape index (κ3) is 5.01. The Morgan fingerprint density at radius 1 is 0.875 bits per heavy atom. The van der Waals surface area contributed by atoms with Crippen molar-refractivity contribution in [2.75, 3.05) is 27.3 Å². The maximum Gasteiger partial charge on any atom is 0.242 e. The Morgan fingerprint density at radius 3 is 1.88 bits per heavy atom. The van der Waals surface area contributed by atoms with Crippen molar-refractivity contribution in [1.29, 1.82) is 0 Å². The van der Waals surface area contributed by atoms with Gasteiger partial charge in [0.25, 0.3) is 0 Å². The SMILES string of the molecule is CN(C)S(=O)(=O)c1ccc(OCCOc2cc(Cl)cc(Cl)c2)cc1. The molecule has 0 heterocycles. The van der Waals surface area contributed by atoms with Gasteiger partial charge in [0, 0.05) is 24.1 Å². The van der Waals surface area contributed by atoms with Gasteiger partial charge in [-0.25, -0.2) is 12.7 Å². The summed E-state index contributed by atoms with van der Waals surface area (Å²) < 4.78 is 36.1. The fraction of sp³-hybridized carbons (Fsp3) is 0.250. The molecule has 0 unspecified atom stereocenters. The molecule has 0 aliphatic carbocycles. The first-order valence-electron chi connectivity index (χ1n) is 7.03. The van der Waals surface area contributed by atoms with Crippen LogP contribution in [0.25, 0.3) is 0 Å². The van der Waals surface area contributed by atoms with Crippen LogP contribution in [0.3, 0.4) is 0 Å². The number of hydrogen-bond donors (Lipinski definition) is 0. The summed E-state index contributed by atoms with van der Waals surface area (Å²) in [6.45, 7) is 0.596. The first-order valence-corrected chi connectivity index (χ1v) is 9.23. The predicted octanol–water partition coefficient (Wildman–Crippen LogP) is 3.70. The summed E-state index contributed by atoms with van der Waals surface area (Å²) in [6, 6.07) is 11.2. The lowest BCUT2D eigenvalue weighted by Gasteiger charge is -2.12. The van der Waals surface area contributed by atoms with Crippen LogP contribution in [0.1, 0.15) is 0 Å². The van der Waals surface area contributed by atoms with Crippen LogP contribution in [0.5, 0.6) is 11.5 Å². The highest BCUT2D eigenvalue weighted by atomic mass is 35.5. The van der Waals surface area contributed by atoms with Crippen molar-refractivity contribution in [1.82, 2.24) is 4.31 Å². The molecule has 2 aromatic carbocycles. The summed E-state index contributed by atoms with van der Waals surface area (Å²) in [5.74, 6) is 1.11. The van der Waals surface area contributed by atoms with Gasteiger partial charge < -0.3 is 9.47 Å². The highest BCUT2D eigenvalue weighted by molar-refractivity contribution is 7.89. The molecule has 0 bridgehead atoms. The van der Waals surface area contributed by atoms with Crippen molar-refractivity contribution >= 4 is 33.2 Å². The second kappa shape index (κ2) is 8.07. The van der Waals surface area contributed by atoms with Crippen molar-refractivity contribution in [3.05, 3.63) is 52.5 Å². The molecule has 5 nitrogen and oxygen atoms in total. The van der Waals surface area contributed by atoms with Gasteiger partial charge in [0.1, 0.15) is 24.7 Å². The molecule has 0 N–H and O–H groups in total. The van der Waals surface area contributed by atoms with Crippen molar-refractivity contribution < 1.29 is 17.9 Å². The number of halogens is 2. The molecule has 24 heavy (non-hydrogen) atoms. The molecule has 0 fully saturated rings. The van der Waals surface area contributed by atoms with Crippen molar-refractivity contribution in [2.24, 2.45) is 0 Å². The number of sulfonamides is 1.